The van der Waals surface area contributed by atoms with Crippen molar-refractivity contribution in [1.29, 1.82) is 0 Å². The van der Waals surface area contributed by atoms with E-state index in [2.05, 4.69) is 10.5 Å². The van der Waals surface area contributed by atoms with Crippen molar-refractivity contribution in [2.24, 2.45) is 12.9 Å². The zero-order valence-electron chi connectivity index (χ0n) is 7.26. The molecular weight excluding hydrogens is 176 g/mol. The van der Waals surface area contributed by atoms with E-state index in [0.717, 1.165) is 17.7 Å². The van der Waals surface area contributed by atoms with Crippen LogP contribution < -0.4 is 11.3 Å². The molecule has 3 N–H and O–H groups in total. The smallest absolute Gasteiger partial charge is 0.130 e. The van der Waals surface area contributed by atoms with Gasteiger partial charge in [0.05, 0.1) is 5.69 Å². The molecule has 0 bridgehead atoms. The van der Waals surface area contributed by atoms with E-state index in [1.165, 1.54) is 0 Å². The fourth-order valence-corrected chi connectivity index (χ4v) is 1.42. The van der Waals surface area contributed by atoms with Crippen LogP contribution in [0.1, 0.15) is 11.3 Å². The predicted octanol–water partition coefficient (Wildman–Crippen LogP) is 0.388. The van der Waals surface area contributed by atoms with Crippen molar-refractivity contribution in [3.63, 3.8) is 0 Å². The van der Waals surface area contributed by atoms with Gasteiger partial charge >= 0.3 is 0 Å². The summed E-state index contributed by atoms with van der Waals surface area (Å²) in [6.07, 6.45) is 0.814. The van der Waals surface area contributed by atoms with Gasteiger partial charge in [-0.2, -0.15) is 5.10 Å². The van der Waals surface area contributed by atoms with Gasteiger partial charge in [-0.15, -0.1) is 0 Å². The van der Waals surface area contributed by atoms with Crippen LogP contribution in [0.25, 0.3) is 0 Å². The van der Waals surface area contributed by atoms with E-state index in [1.807, 2.05) is 14.0 Å². The number of rotatable bonds is 3. The summed E-state index contributed by atoms with van der Waals surface area (Å²) in [5, 5.41) is 4.88. The fourth-order valence-electron chi connectivity index (χ4n) is 1.16. The largest absolute Gasteiger partial charge is 0.271 e. The molecule has 0 unspecified atom stereocenters. The molecule has 0 aromatic carbocycles. The molecular formula is C7H13ClN4. The Morgan fingerprint density at radius 2 is 2.33 bits per heavy atom. The zero-order chi connectivity index (χ0) is 9.14. The topological polar surface area (TPSA) is 55.9 Å². The maximum Gasteiger partial charge on any atom is 0.130 e. The van der Waals surface area contributed by atoms with E-state index in [9.17, 15) is 0 Å². The number of aromatic nitrogens is 2. The third-order valence-electron chi connectivity index (χ3n) is 1.79. The van der Waals surface area contributed by atoms with E-state index in [-0.39, 0.29) is 0 Å². The Balaban J connectivity index is 2.82. The second-order valence-corrected chi connectivity index (χ2v) is 3.04. The summed E-state index contributed by atoms with van der Waals surface area (Å²) in [6.45, 7) is 2.66. The zero-order valence-corrected chi connectivity index (χ0v) is 8.02. The van der Waals surface area contributed by atoms with Crippen LogP contribution in [0.3, 0.4) is 0 Å². The quantitative estimate of drug-likeness (QED) is 0.533. The van der Waals surface area contributed by atoms with Gasteiger partial charge in [-0.3, -0.25) is 16.0 Å². The number of hydrogen-bond acceptors (Lipinski definition) is 3. The van der Waals surface area contributed by atoms with Crippen molar-refractivity contribution in [3.05, 3.63) is 16.4 Å². The highest BCUT2D eigenvalue weighted by Crippen LogP contribution is 2.18. The monoisotopic (exact) mass is 188 g/mol. The molecule has 0 aliphatic carbocycles. The minimum Gasteiger partial charge on any atom is -0.271 e. The van der Waals surface area contributed by atoms with Crippen molar-refractivity contribution < 1.29 is 0 Å². The Bertz CT molecular complexity index is 269. The molecule has 5 heteroatoms. The van der Waals surface area contributed by atoms with Gasteiger partial charge in [0.25, 0.3) is 0 Å². The predicted molar refractivity (Wildman–Crippen MR) is 48.8 cm³/mol. The van der Waals surface area contributed by atoms with Gasteiger partial charge in [0.15, 0.2) is 0 Å². The third-order valence-corrected chi connectivity index (χ3v) is 2.26. The fraction of sp³-hybridized carbons (Fsp3) is 0.571. The number of nitrogens with one attached hydrogen (secondary N) is 1. The van der Waals surface area contributed by atoms with Crippen LogP contribution >= 0.6 is 11.6 Å². The van der Waals surface area contributed by atoms with Gasteiger partial charge in [-0.05, 0) is 13.3 Å². The van der Waals surface area contributed by atoms with E-state index in [4.69, 9.17) is 17.4 Å². The van der Waals surface area contributed by atoms with Gasteiger partial charge in [0.1, 0.15) is 5.15 Å². The average Bonchev–Trinajstić information content (AvgIpc) is 2.25. The second-order valence-electron chi connectivity index (χ2n) is 2.68. The molecule has 0 spiro atoms. The lowest BCUT2D eigenvalue weighted by atomic mass is 10.2. The molecule has 1 aromatic heterocycles. The van der Waals surface area contributed by atoms with Gasteiger partial charge in [-0.25, -0.2) is 0 Å². The SMILES string of the molecule is Cc1nn(C)c(Cl)c1CCNN. The summed E-state index contributed by atoms with van der Waals surface area (Å²) in [7, 11) is 1.83. The van der Waals surface area contributed by atoms with Crippen LogP contribution in [0, 0.1) is 6.92 Å². The van der Waals surface area contributed by atoms with E-state index >= 15 is 0 Å². The molecule has 0 fully saturated rings. The number of nitrogens with two attached hydrogens (primary N) is 1. The highest BCUT2D eigenvalue weighted by Gasteiger charge is 2.09. The summed E-state index contributed by atoms with van der Waals surface area (Å²) >= 11 is 5.98. The maximum absolute atomic E-state index is 5.98. The first-order valence-electron chi connectivity index (χ1n) is 3.78. The van der Waals surface area contributed by atoms with Crippen molar-refractivity contribution in [2.45, 2.75) is 13.3 Å². The second kappa shape index (κ2) is 3.89. The highest BCUT2D eigenvalue weighted by atomic mass is 35.5. The number of nitrogens with zero attached hydrogens (tertiary/aromatic N) is 2. The minimum absolute atomic E-state index is 0.697. The molecule has 0 saturated heterocycles. The number of hydrogen-bond donors (Lipinski definition) is 2. The molecule has 1 rings (SSSR count). The molecule has 4 nitrogen and oxygen atoms in total. The summed E-state index contributed by atoms with van der Waals surface area (Å²) in [5.41, 5.74) is 4.62. The van der Waals surface area contributed by atoms with Gasteiger partial charge in [0.2, 0.25) is 0 Å². The van der Waals surface area contributed by atoms with Crippen molar-refractivity contribution >= 4 is 11.6 Å². The lowest BCUT2D eigenvalue weighted by molar-refractivity contribution is 0.726. The molecule has 0 aliphatic rings. The molecule has 1 heterocycles. The van der Waals surface area contributed by atoms with Gasteiger partial charge in [-0.1, -0.05) is 11.6 Å². The molecule has 68 valence electrons. The first-order chi connectivity index (χ1) is 5.66. The Hall–Kier alpha value is -0.580. The summed E-state index contributed by atoms with van der Waals surface area (Å²) in [4.78, 5) is 0. The standard InChI is InChI=1S/C7H13ClN4/c1-5-6(3-4-10-9)7(8)12(2)11-5/h10H,3-4,9H2,1-2H3. The van der Waals surface area contributed by atoms with Crippen LogP contribution in [-0.2, 0) is 13.5 Å². The number of aryl methyl sites for hydroxylation is 2. The van der Waals surface area contributed by atoms with Crippen LogP contribution in [0.4, 0.5) is 0 Å². The van der Waals surface area contributed by atoms with Crippen LogP contribution in [0.15, 0.2) is 0 Å². The van der Waals surface area contributed by atoms with Crippen LogP contribution in [0.2, 0.25) is 5.15 Å². The Kier molecular flexibility index (Phi) is 3.08. The van der Waals surface area contributed by atoms with E-state index in [0.29, 0.717) is 11.7 Å². The first kappa shape index (κ1) is 9.51. The summed E-state index contributed by atoms with van der Waals surface area (Å²) < 4.78 is 1.67. The molecule has 0 aliphatic heterocycles. The average molecular weight is 189 g/mol. The van der Waals surface area contributed by atoms with Crippen molar-refractivity contribution in [3.8, 4) is 0 Å². The minimum atomic E-state index is 0.697. The normalized spacial score (nSPS) is 10.7. The molecule has 0 radical (unpaired) electrons. The number of hydrazine groups is 1. The Morgan fingerprint density at radius 3 is 2.75 bits per heavy atom. The van der Waals surface area contributed by atoms with E-state index in [1.54, 1.807) is 4.68 Å². The molecule has 0 saturated carbocycles. The maximum atomic E-state index is 5.98. The first-order valence-corrected chi connectivity index (χ1v) is 4.16. The van der Waals surface area contributed by atoms with Crippen LogP contribution in [-0.4, -0.2) is 16.3 Å². The highest BCUT2D eigenvalue weighted by molar-refractivity contribution is 6.30. The molecule has 0 atom stereocenters. The van der Waals surface area contributed by atoms with Crippen molar-refractivity contribution in [1.82, 2.24) is 15.2 Å². The van der Waals surface area contributed by atoms with Gasteiger partial charge in [0, 0.05) is 19.2 Å². The molecule has 12 heavy (non-hydrogen) atoms. The van der Waals surface area contributed by atoms with E-state index < -0.39 is 0 Å². The summed E-state index contributed by atoms with van der Waals surface area (Å²) in [5.74, 6) is 5.16. The molecule has 1 aromatic rings. The number of halogens is 1. The Morgan fingerprint density at radius 1 is 1.67 bits per heavy atom. The van der Waals surface area contributed by atoms with Crippen molar-refractivity contribution in [2.75, 3.05) is 6.54 Å². The van der Waals surface area contributed by atoms with Gasteiger partial charge < -0.3 is 0 Å². The Labute approximate surface area is 76.7 Å². The third kappa shape index (κ3) is 1.77. The molecule has 0 amide bonds. The lowest BCUT2D eigenvalue weighted by Crippen LogP contribution is -2.24. The van der Waals surface area contributed by atoms with Crippen LogP contribution in [0.5, 0.6) is 0 Å². The summed E-state index contributed by atoms with van der Waals surface area (Å²) in [6, 6.07) is 0. The lowest BCUT2D eigenvalue weighted by Gasteiger charge is -1.98.